The standard InChI is InChI=1S/C29H29Cl2N3O5/c1-29(14-24(34-39-29)18-10-11-25(36-2)26(13-18)38-20-7-3-4-8-20)17-37-21-9-5-6-19(12-21)28(35)33-27-22(30)15-32-16-23(27)31/h5-6,9-13,15-16,20H,3-4,7-8,14,17H2,1-2H3,(H,32,33,35). The number of benzene rings is 2. The molecule has 2 aromatic carbocycles. The molecule has 5 rings (SSSR count). The number of amides is 1. The van der Waals surface area contributed by atoms with Crippen LogP contribution in [-0.2, 0) is 4.84 Å². The number of hydrogen-bond acceptors (Lipinski definition) is 7. The average Bonchev–Trinajstić information content (AvgIpc) is 3.60. The Morgan fingerprint density at radius 3 is 2.62 bits per heavy atom. The fraction of sp³-hybridized carbons (Fsp3) is 0.345. The molecule has 1 amide bonds. The van der Waals surface area contributed by atoms with Crippen LogP contribution in [0.2, 0.25) is 10.0 Å². The van der Waals surface area contributed by atoms with Gasteiger partial charge in [0, 0.05) is 29.9 Å². The summed E-state index contributed by atoms with van der Waals surface area (Å²) < 4.78 is 17.8. The zero-order valence-electron chi connectivity index (χ0n) is 21.7. The van der Waals surface area contributed by atoms with Crippen molar-refractivity contribution in [3.8, 4) is 17.2 Å². The highest BCUT2D eigenvalue weighted by Gasteiger charge is 2.36. The molecule has 1 aliphatic carbocycles. The molecule has 10 heteroatoms. The van der Waals surface area contributed by atoms with Crippen molar-refractivity contribution < 1.29 is 23.8 Å². The van der Waals surface area contributed by atoms with E-state index in [0.29, 0.717) is 29.2 Å². The van der Waals surface area contributed by atoms with E-state index < -0.39 is 5.60 Å². The maximum atomic E-state index is 12.8. The van der Waals surface area contributed by atoms with Gasteiger partial charge in [-0.1, -0.05) is 34.4 Å². The van der Waals surface area contributed by atoms with Crippen molar-refractivity contribution >= 4 is 40.5 Å². The summed E-state index contributed by atoms with van der Waals surface area (Å²) in [7, 11) is 1.64. The Balaban J connectivity index is 1.21. The maximum absolute atomic E-state index is 12.8. The lowest BCUT2D eigenvalue weighted by Crippen LogP contribution is -2.32. The number of hydrogen-bond donors (Lipinski definition) is 1. The van der Waals surface area contributed by atoms with Crippen molar-refractivity contribution in [3.05, 3.63) is 76.0 Å². The van der Waals surface area contributed by atoms with E-state index in [-0.39, 0.29) is 28.7 Å². The van der Waals surface area contributed by atoms with Crippen LogP contribution in [0.25, 0.3) is 0 Å². The van der Waals surface area contributed by atoms with Crippen LogP contribution in [0.5, 0.6) is 17.2 Å². The first-order valence-electron chi connectivity index (χ1n) is 12.8. The monoisotopic (exact) mass is 569 g/mol. The van der Waals surface area contributed by atoms with E-state index in [0.717, 1.165) is 29.9 Å². The number of carbonyl (C=O) groups is 1. The van der Waals surface area contributed by atoms with E-state index >= 15 is 0 Å². The van der Waals surface area contributed by atoms with Crippen LogP contribution in [0.4, 0.5) is 5.69 Å². The maximum Gasteiger partial charge on any atom is 0.255 e. The summed E-state index contributed by atoms with van der Waals surface area (Å²) in [6.07, 6.45) is 8.07. The highest BCUT2D eigenvalue weighted by molar-refractivity contribution is 6.39. The van der Waals surface area contributed by atoms with Crippen LogP contribution in [0.1, 0.15) is 54.9 Å². The third-order valence-corrected chi connectivity index (χ3v) is 7.32. The molecule has 0 spiro atoms. The molecule has 1 aliphatic heterocycles. The van der Waals surface area contributed by atoms with E-state index in [9.17, 15) is 4.79 Å². The molecule has 0 bridgehead atoms. The first-order chi connectivity index (χ1) is 18.8. The summed E-state index contributed by atoms with van der Waals surface area (Å²) in [5.41, 5.74) is 1.73. The van der Waals surface area contributed by atoms with Gasteiger partial charge < -0.3 is 24.4 Å². The number of pyridine rings is 1. The molecule has 1 aromatic heterocycles. The minimum Gasteiger partial charge on any atom is -0.493 e. The van der Waals surface area contributed by atoms with Gasteiger partial charge in [0.25, 0.3) is 5.91 Å². The molecule has 8 nitrogen and oxygen atoms in total. The van der Waals surface area contributed by atoms with E-state index in [1.54, 1.807) is 31.4 Å². The fourth-order valence-corrected chi connectivity index (χ4v) is 5.09. The first-order valence-corrected chi connectivity index (χ1v) is 13.5. The number of rotatable bonds is 9. The van der Waals surface area contributed by atoms with Gasteiger partial charge in [-0.15, -0.1) is 0 Å². The lowest BCUT2D eigenvalue weighted by Gasteiger charge is -2.22. The Morgan fingerprint density at radius 1 is 1.10 bits per heavy atom. The molecule has 1 unspecified atom stereocenters. The topological polar surface area (TPSA) is 91.3 Å². The number of anilines is 1. The molecule has 1 atom stereocenters. The van der Waals surface area contributed by atoms with Gasteiger partial charge in [0.1, 0.15) is 12.4 Å². The second-order valence-electron chi connectivity index (χ2n) is 9.89. The first kappa shape index (κ1) is 27.1. The lowest BCUT2D eigenvalue weighted by molar-refractivity contribution is -0.0357. The Kier molecular flexibility index (Phi) is 8.14. The summed E-state index contributed by atoms with van der Waals surface area (Å²) in [6, 6.07) is 12.7. The summed E-state index contributed by atoms with van der Waals surface area (Å²) in [5, 5.41) is 7.58. The van der Waals surface area contributed by atoms with Gasteiger partial charge >= 0.3 is 0 Å². The highest BCUT2D eigenvalue weighted by Crippen LogP contribution is 2.35. The number of nitrogens with zero attached hydrogens (tertiary/aromatic N) is 2. The molecule has 0 saturated heterocycles. The van der Waals surface area contributed by atoms with Crippen molar-refractivity contribution in [1.29, 1.82) is 0 Å². The Morgan fingerprint density at radius 2 is 1.87 bits per heavy atom. The zero-order chi connectivity index (χ0) is 27.4. The van der Waals surface area contributed by atoms with Gasteiger partial charge in [0.2, 0.25) is 0 Å². The summed E-state index contributed by atoms with van der Waals surface area (Å²) in [5.74, 6) is 1.57. The zero-order valence-corrected chi connectivity index (χ0v) is 23.2. The van der Waals surface area contributed by atoms with Crippen molar-refractivity contribution in [2.45, 2.75) is 50.7 Å². The number of methoxy groups -OCH3 is 1. The van der Waals surface area contributed by atoms with Crippen molar-refractivity contribution in [3.63, 3.8) is 0 Å². The SMILES string of the molecule is COc1ccc(C2=NOC(C)(COc3cccc(C(=O)Nc4c(Cl)cncc4Cl)c3)C2)cc1OC1CCCC1. The summed E-state index contributed by atoms with van der Waals surface area (Å²) >= 11 is 12.2. The number of aromatic nitrogens is 1. The van der Waals surface area contributed by atoms with Crippen LogP contribution >= 0.6 is 23.2 Å². The number of halogens is 2. The number of nitrogens with one attached hydrogen (secondary N) is 1. The van der Waals surface area contributed by atoms with E-state index in [1.807, 2.05) is 25.1 Å². The fourth-order valence-electron chi connectivity index (χ4n) is 4.63. The molecule has 1 saturated carbocycles. The van der Waals surface area contributed by atoms with Gasteiger partial charge in [-0.25, -0.2) is 0 Å². The minimum atomic E-state index is -0.682. The van der Waals surface area contributed by atoms with Gasteiger partial charge in [-0.05, 0) is 69.0 Å². The molecule has 0 radical (unpaired) electrons. The normalized spacial score (nSPS) is 18.8. The van der Waals surface area contributed by atoms with Gasteiger partial charge in [0.05, 0.1) is 34.7 Å². The summed E-state index contributed by atoms with van der Waals surface area (Å²) in [4.78, 5) is 22.5. The van der Waals surface area contributed by atoms with E-state index in [2.05, 4.69) is 15.5 Å². The molecule has 39 heavy (non-hydrogen) atoms. The number of oxime groups is 1. The van der Waals surface area contributed by atoms with Crippen LogP contribution in [0.3, 0.4) is 0 Å². The van der Waals surface area contributed by atoms with Crippen LogP contribution < -0.4 is 19.5 Å². The molecule has 1 fully saturated rings. The second-order valence-corrected chi connectivity index (χ2v) is 10.7. The van der Waals surface area contributed by atoms with Crippen molar-refractivity contribution in [2.24, 2.45) is 5.16 Å². The smallest absolute Gasteiger partial charge is 0.255 e. The van der Waals surface area contributed by atoms with Crippen molar-refractivity contribution in [1.82, 2.24) is 4.98 Å². The quantitative estimate of drug-likeness (QED) is 0.300. The third kappa shape index (κ3) is 6.40. The molecule has 3 aromatic rings. The van der Waals surface area contributed by atoms with Crippen LogP contribution in [0.15, 0.2) is 60.0 Å². The Bertz CT molecular complexity index is 1370. The van der Waals surface area contributed by atoms with E-state index in [4.69, 9.17) is 42.3 Å². The van der Waals surface area contributed by atoms with Gasteiger partial charge in [-0.2, -0.15) is 0 Å². The largest absolute Gasteiger partial charge is 0.493 e. The van der Waals surface area contributed by atoms with Crippen molar-refractivity contribution in [2.75, 3.05) is 19.0 Å². The minimum absolute atomic E-state index is 0.214. The Labute approximate surface area is 237 Å². The molecular formula is C29H29Cl2N3O5. The molecule has 1 N–H and O–H groups in total. The van der Waals surface area contributed by atoms with Gasteiger partial charge in [-0.3, -0.25) is 9.78 Å². The molecular weight excluding hydrogens is 541 g/mol. The predicted molar refractivity (Wildman–Crippen MR) is 151 cm³/mol. The Hall–Kier alpha value is -3.49. The molecule has 2 aliphatic rings. The highest BCUT2D eigenvalue weighted by atomic mass is 35.5. The third-order valence-electron chi connectivity index (χ3n) is 6.74. The number of ether oxygens (including phenoxy) is 3. The van der Waals surface area contributed by atoms with Crippen LogP contribution in [-0.4, -0.2) is 42.0 Å². The second kappa shape index (κ2) is 11.7. The average molecular weight is 570 g/mol. The summed E-state index contributed by atoms with van der Waals surface area (Å²) in [6.45, 7) is 2.17. The molecule has 204 valence electrons. The molecule has 2 heterocycles. The number of carbonyl (C=O) groups excluding carboxylic acids is 1. The van der Waals surface area contributed by atoms with E-state index in [1.165, 1.54) is 25.2 Å². The lowest BCUT2D eigenvalue weighted by atomic mass is 9.96. The van der Waals surface area contributed by atoms with Crippen LogP contribution in [0, 0.1) is 0 Å². The predicted octanol–water partition coefficient (Wildman–Crippen LogP) is 6.93. The van der Waals surface area contributed by atoms with Gasteiger partial charge in [0.15, 0.2) is 17.1 Å².